The summed E-state index contributed by atoms with van der Waals surface area (Å²) in [4.78, 5) is 3.73. The van der Waals surface area contributed by atoms with Crippen molar-refractivity contribution >= 4 is 34.2 Å². The Bertz CT molecular complexity index is 404. The third-order valence-electron chi connectivity index (χ3n) is 1.78. The van der Waals surface area contributed by atoms with E-state index in [-0.39, 0.29) is 18.0 Å². The van der Waals surface area contributed by atoms with Gasteiger partial charge in [0.1, 0.15) is 5.69 Å². The maximum absolute atomic E-state index is 12.4. The molecule has 0 fully saturated rings. The first-order valence-corrected chi connectivity index (χ1v) is 5.60. The first-order valence-electron chi connectivity index (χ1n) is 3.99. The van der Waals surface area contributed by atoms with Crippen LogP contribution in [0.1, 0.15) is 23.4 Å². The lowest BCUT2D eigenvalue weighted by Gasteiger charge is -2.08. The van der Waals surface area contributed by atoms with Crippen molar-refractivity contribution in [2.75, 3.05) is 0 Å². The summed E-state index contributed by atoms with van der Waals surface area (Å²) < 4.78 is 25.5. The Kier molecular flexibility index (Phi) is 4.67. The van der Waals surface area contributed by atoms with Crippen LogP contribution < -0.4 is 0 Å². The molecule has 0 radical (unpaired) electrons. The summed E-state index contributed by atoms with van der Waals surface area (Å²) in [6.45, 7) is 0. The molecule has 0 saturated heterocycles. The highest BCUT2D eigenvalue weighted by Crippen LogP contribution is 2.24. The number of hydrogen-bond acceptors (Lipinski definition) is 2. The lowest BCUT2D eigenvalue weighted by Crippen LogP contribution is -2.03. The van der Waals surface area contributed by atoms with Crippen molar-refractivity contribution in [3.8, 4) is 6.07 Å². The van der Waals surface area contributed by atoms with E-state index in [2.05, 4.69) is 4.98 Å². The van der Waals surface area contributed by atoms with E-state index in [1.807, 2.05) is 28.7 Å². The fourth-order valence-corrected chi connectivity index (χ4v) is 2.43. The summed E-state index contributed by atoms with van der Waals surface area (Å²) in [6, 6.07) is 3.18. The second-order valence-electron chi connectivity index (χ2n) is 2.72. The number of nitrogens with zero attached hydrogens (tertiary/aromatic N) is 2. The fraction of sp³-hybridized carbons (Fsp3) is 0.333. The summed E-state index contributed by atoms with van der Waals surface area (Å²) >= 11 is 7.58. The number of alkyl halides is 3. The molecule has 1 aromatic rings. The van der Waals surface area contributed by atoms with E-state index >= 15 is 0 Å². The van der Waals surface area contributed by atoms with Crippen LogP contribution in [0.15, 0.2) is 6.07 Å². The molecule has 0 amide bonds. The summed E-state index contributed by atoms with van der Waals surface area (Å²) in [5, 5.41) is 8.54. The van der Waals surface area contributed by atoms with Crippen molar-refractivity contribution in [1.82, 2.24) is 4.98 Å². The van der Waals surface area contributed by atoms with Crippen molar-refractivity contribution in [3.63, 3.8) is 0 Å². The molecule has 0 N–H and O–H groups in total. The first-order chi connectivity index (χ1) is 7.10. The lowest BCUT2D eigenvalue weighted by atomic mass is 10.1. The Hall–Kier alpha value is -0.480. The van der Waals surface area contributed by atoms with E-state index in [1.165, 1.54) is 6.07 Å². The average Bonchev–Trinajstić information content (AvgIpc) is 2.17. The number of hydrogen-bond donors (Lipinski definition) is 0. The molecule has 6 heteroatoms. The van der Waals surface area contributed by atoms with Crippen molar-refractivity contribution in [2.45, 2.75) is 18.7 Å². The molecule has 0 spiro atoms. The van der Waals surface area contributed by atoms with Gasteiger partial charge in [0.25, 0.3) is 6.43 Å². The standard InChI is InChI=1S/C9H6ClF2IN2/c10-4-5-6(13)3-8(9(11)12)15-7(5)1-2-14/h3,9H,1,4H2. The lowest BCUT2D eigenvalue weighted by molar-refractivity contribution is 0.145. The van der Waals surface area contributed by atoms with Gasteiger partial charge in [0.05, 0.1) is 24.1 Å². The predicted octanol–water partition coefficient (Wildman–Crippen LogP) is 3.43. The minimum absolute atomic E-state index is 0.00137. The first kappa shape index (κ1) is 12.6. The van der Waals surface area contributed by atoms with Crippen LogP contribution in [-0.4, -0.2) is 4.98 Å². The Labute approximate surface area is 104 Å². The van der Waals surface area contributed by atoms with Crippen molar-refractivity contribution < 1.29 is 8.78 Å². The highest BCUT2D eigenvalue weighted by Gasteiger charge is 2.15. The monoisotopic (exact) mass is 342 g/mol. The zero-order chi connectivity index (χ0) is 11.4. The topological polar surface area (TPSA) is 36.7 Å². The van der Waals surface area contributed by atoms with Gasteiger partial charge in [-0.3, -0.25) is 4.98 Å². The minimum Gasteiger partial charge on any atom is -0.250 e. The van der Waals surface area contributed by atoms with Crippen LogP contribution in [0.3, 0.4) is 0 Å². The van der Waals surface area contributed by atoms with Crippen molar-refractivity contribution in [3.05, 3.63) is 26.6 Å². The number of pyridine rings is 1. The van der Waals surface area contributed by atoms with Gasteiger partial charge in [-0.15, -0.1) is 11.6 Å². The Morgan fingerprint density at radius 3 is 2.73 bits per heavy atom. The van der Waals surface area contributed by atoms with Crippen LogP contribution in [0.5, 0.6) is 0 Å². The molecule has 0 aliphatic heterocycles. The van der Waals surface area contributed by atoms with Crippen LogP contribution in [-0.2, 0) is 12.3 Å². The van der Waals surface area contributed by atoms with E-state index in [4.69, 9.17) is 16.9 Å². The number of rotatable bonds is 3. The average molecular weight is 343 g/mol. The maximum atomic E-state index is 12.4. The summed E-state index contributed by atoms with van der Waals surface area (Å²) in [5.41, 5.74) is 0.691. The molecule has 1 aromatic heterocycles. The number of nitriles is 1. The third kappa shape index (κ3) is 2.98. The van der Waals surface area contributed by atoms with E-state index in [0.29, 0.717) is 14.8 Å². The Morgan fingerprint density at radius 2 is 2.27 bits per heavy atom. The van der Waals surface area contributed by atoms with E-state index in [0.717, 1.165) is 0 Å². The molecule has 80 valence electrons. The van der Waals surface area contributed by atoms with Gasteiger partial charge in [-0.2, -0.15) is 5.26 Å². The highest BCUT2D eigenvalue weighted by atomic mass is 127. The van der Waals surface area contributed by atoms with Crippen molar-refractivity contribution in [1.29, 1.82) is 5.26 Å². The molecule has 0 saturated carbocycles. The quantitative estimate of drug-likeness (QED) is 0.623. The Balaban J connectivity index is 3.26. The molecular formula is C9H6ClF2IN2. The molecule has 0 aliphatic rings. The van der Waals surface area contributed by atoms with E-state index in [1.54, 1.807) is 0 Å². The van der Waals surface area contributed by atoms with Gasteiger partial charge in [0, 0.05) is 9.13 Å². The van der Waals surface area contributed by atoms with Crippen molar-refractivity contribution in [2.24, 2.45) is 0 Å². The highest BCUT2D eigenvalue weighted by molar-refractivity contribution is 14.1. The van der Waals surface area contributed by atoms with Crippen LogP contribution in [0.2, 0.25) is 0 Å². The maximum Gasteiger partial charge on any atom is 0.280 e. The van der Waals surface area contributed by atoms with Gasteiger partial charge in [0.2, 0.25) is 0 Å². The molecule has 0 aliphatic carbocycles. The predicted molar refractivity (Wildman–Crippen MR) is 60.8 cm³/mol. The Morgan fingerprint density at radius 1 is 1.60 bits per heavy atom. The van der Waals surface area contributed by atoms with Gasteiger partial charge in [-0.25, -0.2) is 8.78 Å². The smallest absolute Gasteiger partial charge is 0.250 e. The number of halogens is 4. The largest absolute Gasteiger partial charge is 0.280 e. The SMILES string of the molecule is N#CCc1nc(C(F)F)cc(I)c1CCl. The second kappa shape index (κ2) is 5.56. The molecule has 1 heterocycles. The molecule has 0 aromatic carbocycles. The zero-order valence-corrected chi connectivity index (χ0v) is 10.4. The molecule has 1 rings (SSSR count). The van der Waals surface area contributed by atoms with Crippen LogP contribution in [0.25, 0.3) is 0 Å². The van der Waals surface area contributed by atoms with Crippen LogP contribution in [0, 0.1) is 14.9 Å². The normalized spacial score (nSPS) is 10.4. The van der Waals surface area contributed by atoms with Gasteiger partial charge >= 0.3 is 0 Å². The zero-order valence-electron chi connectivity index (χ0n) is 7.48. The van der Waals surface area contributed by atoms with Gasteiger partial charge in [0.15, 0.2) is 0 Å². The van der Waals surface area contributed by atoms with E-state index < -0.39 is 6.43 Å². The number of aromatic nitrogens is 1. The molecule has 2 nitrogen and oxygen atoms in total. The molecule has 0 atom stereocenters. The van der Waals surface area contributed by atoms with Crippen LogP contribution in [0.4, 0.5) is 8.78 Å². The second-order valence-corrected chi connectivity index (χ2v) is 4.15. The van der Waals surface area contributed by atoms with Gasteiger partial charge < -0.3 is 0 Å². The molecule has 15 heavy (non-hydrogen) atoms. The minimum atomic E-state index is -2.62. The fourth-order valence-electron chi connectivity index (χ4n) is 1.08. The third-order valence-corrected chi connectivity index (χ3v) is 3.01. The van der Waals surface area contributed by atoms with Crippen LogP contribution >= 0.6 is 34.2 Å². The van der Waals surface area contributed by atoms with Gasteiger partial charge in [-0.1, -0.05) is 0 Å². The molecule has 0 bridgehead atoms. The molecule has 0 unspecified atom stereocenters. The van der Waals surface area contributed by atoms with Gasteiger partial charge in [-0.05, 0) is 28.7 Å². The summed E-state index contributed by atoms with van der Waals surface area (Å²) in [6.07, 6.45) is -2.63. The summed E-state index contributed by atoms with van der Waals surface area (Å²) in [5.74, 6) is 0.172. The van der Waals surface area contributed by atoms with E-state index in [9.17, 15) is 8.78 Å². The molecular weight excluding hydrogens is 336 g/mol. The summed E-state index contributed by atoms with van der Waals surface area (Å²) in [7, 11) is 0.